The van der Waals surface area contributed by atoms with E-state index < -0.39 is 10.0 Å². The first-order chi connectivity index (χ1) is 9.98. The molecule has 112 valence electrons. The zero-order chi connectivity index (χ0) is 15.0. The Morgan fingerprint density at radius 2 is 2.00 bits per heavy atom. The SMILES string of the molecule is CN(Cc1nnc2n1CCC2)S(=O)(=O)c1ccc(N)cc1. The molecule has 0 radical (unpaired) electrons. The van der Waals surface area contributed by atoms with Gasteiger partial charge in [-0.25, -0.2) is 8.42 Å². The lowest BCUT2D eigenvalue weighted by molar-refractivity contribution is 0.447. The van der Waals surface area contributed by atoms with Crippen LogP contribution in [-0.2, 0) is 29.5 Å². The fraction of sp³-hybridized carbons (Fsp3) is 0.385. The van der Waals surface area contributed by atoms with E-state index in [2.05, 4.69) is 10.2 Å². The van der Waals surface area contributed by atoms with Gasteiger partial charge in [0.15, 0.2) is 0 Å². The second-order valence-electron chi connectivity index (χ2n) is 5.12. The molecule has 1 aromatic carbocycles. The van der Waals surface area contributed by atoms with Gasteiger partial charge in [-0.15, -0.1) is 10.2 Å². The van der Waals surface area contributed by atoms with Crippen LogP contribution in [0.3, 0.4) is 0 Å². The third kappa shape index (κ3) is 2.52. The summed E-state index contributed by atoms with van der Waals surface area (Å²) in [6.07, 6.45) is 1.94. The quantitative estimate of drug-likeness (QED) is 0.836. The largest absolute Gasteiger partial charge is 0.399 e. The van der Waals surface area contributed by atoms with Gasteiger partial charge < -0.3 is 10.3 Å². The molecule has 0 fully saturated rings. The van der Waals surface area contributed by atoms with E-state index in [1.807, 2.05) is 4.57 Å². The molecule has 1 aromatic heterocycles. The van der Waals surface area contributed by atoms with Gasteiger partial charge in [0, 0.05) is 25.7 Å². The Morgan fingerprint density at radius 1 is 1.29 bits per heavy atom. The molecule has 0 aliphatic carbocycles. The van der Waals surface area contributed by atoms with Gasteiger partial charge in [-0.2, -0.15) is 4.31 Å². The topological polar surface area (TPSA) is 94.1 Å². The Morgan fingerprint density at radius 3 is 2.71 bits per heavy atom. The summed E-state index contributed by atoms with van der Waals surface area (Å²) in [4.78, 5) is 0.223. The van der Waals surface area contributed by atoms with Crippen LogP contribution < -0.4 is 5.73 Å². The second-order valence-corrected chi connectivity index (χ2v) is 7.16. The van der Waals surface area contributed by atoms with E-state index in [9.17, 15) is 8.42 Å². The average molecular weight is 307 g/mol. The molecule has 0 saturated heterocycles. The van der Waals surface area contributed by atoms with Gasteiger partial charge in [-0.1, -0.05) is 0 Å². The molecule has 21 heavy (non-hydrogen) atoms. The number of nitrogen functional groups attached to an aromatic ring is 1. The van der Waals surface area contributed by atoms with Crippen LogP contribution in [-0.4, -0.2) is 34.5 Å². The van der Waals surface area contributed by atoms with Crippen molar-refractivity contribution >= 4 is 15.7 Å². The Labute approximate surface area is 123 Å². The lowest BCUT2D eigenvalue weighted by atomic mass is 10.3. The minimum Gasteiger partial charge on any atom is -0.399 e. The Kier molecular flexibility index (Phi) is 3.42. The second kappa shape index (κ2) is 5.12. The maximum absolute atomic E-state index is 12.5. The van der Waals surface area contributed by atoms with Gasteiger partial charge >= 0.3 is 0 Å². The predicted octanol–water partition coefficient (Wildman–Crippen LogP) is 0.627. The van der Waals surface area contributed by atoms with Crippen LogP contribution in [0.15, 0.2) is 29.2 Å². The van der Waals surface area contributed by atoms with E-state index in [1.165, 1.54) is 16.4 Å². The normalized spacial score (nSPS) is 14.6. The monoisotopic (exact) mass is 307 g/mol. The number of nitrogens with zero attached hydrogens (tertiary/aromatic N) is 4. The summed E-state index contributed by atoms with van der Waals surface area (Å²) in [5, 5.41) is 8.18. The van der Waals surface area contributed by atoms with Crippen LogP contribution in [0.2, 0.25) is 0 Å². The number of nitrogens with two attached hydrogens (primary N) is 1. The molecule has 0 bridgehead atoms. The maximum atomic E-state index is 12.5. The molecular weight excluding hydrogens is 290 g/mol. The molecule has 0 amide bonds. The highest BCUT2D eigenvalue weighted by atomic mass is 32.2. The van der Waals surface area contributed by atoms with E-state index >= 15 is 0 Å². The molecule has 2 N–H and O–H groups in total. The van der Waals surface area contributed by atoms with Crippen LogP contribution in [0, 0.1) is 0 Å². The lowest BCUT2D eigenvalue weighted by Crippen LogP contribution is -2.28. The van der Waals surface area contributed by atoms with Gasteiger partial charge in [0.2, 0.25) is 10.0 Å². The van der Waals surface area contributed by atoms with Crippen molar-refractivity contribution in [1.29, 1.82) is 0 Å². The molecule has 0 atom stereocenters. The number of hydrogen-bond acceptors (Lipinski definition) is 5. The molecular formula is C13H17N5O2S. The van der Waals surface area contributed by atoms with Crippen molar-refractivity contribution in [3.05, 3.63) is 35.9 Å². The molecule has 7 nitrogen and oxygen atoms in total. The molecule has 3 rings (SSSR count). The van der Waals surface area contributed by atoms with Crippen molar-refractivity contribution in [2.45, 2.75) is 30.8 Å². The Hall–Kier alpha value is -1.93. The summed E-state index contributed by atoms with van der Waals surface area (Å²) >= 11 is 0. The minimum absolute atomic E-state index is 0.208. The first kappa shape index (κ1) is 14.0. The minimum atomic E-state index is -3.55. The van der Waals surface area contributed by atoms with Crippen molar-refractivity contribution in [1.82, 2.24) is 19.1 Å². The average Bonchev–Trinajstić information content (AvgIpc) is 3.04. The maximum Gasteiger partial charge on any atom is 0.243 e. The lowest BCUT2D eigenvalue weighted by Gasteiger charge is -2.17. The number of sulfonamides is 1. The van der Waals surface area contributed by atoms with Crippen molar-refractivity contribution in [3.63, 3.8) is 0 Å². The zero-order valence-corrected chi connectivity index (χ0v) is 12.5. The van der Waals surface area contributed by atoms with Gasteiger partial charge in [-0.05, 0) is 30.7 Å². The van der Waals surface area contributed by atoms with Crippen LogP contribution in [0.25, 0.3) is 0 Å². The number of aryl methyl sites for hydroxylation is 1. The van der Waals surface area contributed by atoms with Crippen molar-refractivity contribution < 1.29 is 8.42 Å². The number of benzene rings is 1. The Balaban J connectivity index is 1.84. The van der Waals surface area contributed by atoms with Crippen molar-refractivity contribution in [3.8, 4) is 0 Å². The van der Waals surface area contributed by atoms with Gasteiger partial charge in [0.1, 0.15) is 11.6 Å². The summed E-state index contributed by atoms with van der Waals surface area (Å²) in [7, 11) is -2.01. The van der Waals surface area contributed by atoms with Crippen LogP contribution in [0.1, 0.15) is 18.1 Å². The molecule has 8 heteroatoms. The van der Waals surface area contributed by atoms with Gasteiger partial charge in [-0.3, -0.25) is 0 Å². The third-order valence-corrected chi connectivity index (χ3v) is 5.46. The number of rotatable bonds is 4. The van der Waals surface area contributed by atoms with E-state index in [-0.39, 0.29) is 11.4 Å². The zero-order valence-electron chi connectivity index (χ0n) is 11.7. The van der Waals surface area contributed by atoms with E-state index in [0.29, 0.717) is 11.5 Å². The fourth-order valence-corrected chi connectivity index (χ4v) is 3.56. The highest BCUT2D eigenvalue weighted by Gasteiger charge is 2.24. The summed E-state index contributed by atoms with van der Waals surface area (Å²) in [5.74, 6) is 1.62. The molecule has 0 spiro atoms. The third-order valence-electron chi connectivity index (χ3n) is 3.64. The van der Waals surface area contributed by atoms with Crippen LogP contribution in [0.5, 0.6) is 0 Å². The van der Waals surface area contributed by atoms with E-state index in [1.54, 1.807) is 19.2 Å². The van der Waals surface area contributed by atoms with Crippen molar-refractivity contribution in [2.24, 2.45) is 0 Å². The number of hydrogen-bond donors (Lipinski definition) is 1. The number of anilines is 1. The first-order valence-electron chi connectivity index (χ1n) is 6.71. The molecule has 1 aliphatic rings. The molecule has 0 unspecified atom stereocenters. The van der Waals surface area contributed by atoms with Crippen LogP contribution in [0.4, 0.5) is 5.69 Å². The number of fused-ring (bicyclic) bond motifs is 1. The van der Waals surface area contributed by atoms with E-state index in [4.69, 9.17) is 5.73 Å². The predicted molar refractivity (Wildman–Crippen MR) is 77.9 cm³/mol. The standard InChI is InChI=1S/C13H17N5O2S/c1-17(9-13-16-15-12-3-2-8-18(12)13)21(19,20)11-6-4-10(14)5-7-11/h4-7H,2-3,8-9,14H2,1H3. The highest BCUT2D eigenvalue weighted by molar-refractivity contribution is 7.89. The highest BCUT2D eigenvalue weighted by Crippen LogP contribution is 2.20. The summed E-state index contributed by atoms with van der Waals surface area (Å²) in [5.41, 5.74) is 6.12. The van der Waals surface area contributed by atoms with Crippen molar-refractivity contribution in [2.75, 3.05) is 12.8 Å². The molecule has 0 saturated carbocycles. The summed E-state index contributed by atoms with van der Waals surface area (Å²) in [6, 6.07) is 6.18. The first-order valence-corrected chi connectivity index (χ1v) is 8.15. The molecule has 2 aromatic rings. The van der Waals surface area contributed by atoms with Gasteiger partial charge in [0.25, 0.3) is 0 Å². The summed E-state index contributed by atoms with van der Waals surface area (Å²) in [6.45, 7) is 1.06. The van der Waals surface area contributed by atoms with Crippen LogP contribution >= 0.6 is 0 Å². The number of aromatic nitrogens is 3. The smallest absolute Gasteiger partial charge is 0.243 e. The van der Waals surface area contributed by atoms with Gasteiger partial charge in [0.05, 0.1) is 11.4 Å². The summed E-state index contributed by atoms with van der Waals surface area (Å²) < 4.78 is 28.3. The molecule has 1 aliphatic heterocycles. The Bertz CT molecular complexity index is 751. The van der Waals surface area contributed by atoms with E-state index in [0.717, 1.165) is 25.2 Å². The fourth-order valence-electron chi connectivity index (χ4n) is 2.43. The molecule has 2 heterocycles.